The number of aliphatic hydroxyl groups is 1. The highest BCUT2D eigenvalue weighted by Crippen LogP contribution is 1.96. The molecule has 1 rings (SSSR count). The van der Waals surface area contributed by atoms with Gasteiger partial charge in [0.15, 0.2) is 0 Å². The lowest BCUT2D eigenvalue weighted by molar-refractivity contribution is 0.147. The molecule has 0 bridgehead atoms. The Kier molecular flexibility index (Phi) is 6.14. The second kappa shape index (κ2) is 7.43. The molecule has 2 amide bonds. The Labute approximate surface area is 95.9 Å². The third-order valence-electron chi connectivity index (χ3n) is 2.61. The molecule has 1 fully saturated rings. The van der Waals surface area contributed by atoms with Gasteiger partial charge in [0.2, 0.25) is 0 Å². The number of carbonyl (C=O) groups excluding carboxylic acids is 1. The monoisotopic (exact) mass is 231 g/mol. The topological polar surface area (TPSA) is 73.8 Å². The van der Waals surface area contributed by atoms with Crippen LogP contribution in [0.5, 0.6) is 0 Å². The van der Waals surface area contributed by atoms with Crippen molar-refractivity contribution in [2.24, 2.45) is 0 Å². The molecule has 0 aromatic carbocycles. The van der Waals surface area contributed by atoms with Gasteiger partial charge in [-0.25, -0.2) is 4.79 Å². The molecule has 0 saturated carbocycles. The van der Waals surface area contributed by atoms with Crippen LogP contribution in [0.25, 0.3) is 0 Å². The van der Waals surface area contributed by atoms with Gasteiger partial charge < -0.3 is 25.4 Å². The normalized spacial score (nSPS) is 17.6. The fourth-order valence-electron chi connectivity index (χ4n) is 1.73. The molecule has 1 unspecified atom stereocenters. The summed E-state index contributed by atoms with van der Waals surface area (Å²) in [5.74, 6) is 0. The van der Waals surface area contributed by atoms with E-state index in [1.54, 1.807) is 12.0 Å². The first kappa shape index (κ1) is 13.2. The Morgan fingerprint density at radius 1 is 1.69 bits per heavy atom. The van der Waals surface area contributed by atoms with E-state index >= 15 is 0 Å². The Morgan fingerprint density at radius 3 is 3.06 bits per heavy atom. The minimum absolute atomic E-state index is 0.00671. The second-order valence-electron chi connectivity index (χ2n) is 3.84. The number of amides is 2. The minimum Gasteiger partial charge on any atom is -0.396 e. The van der Waals surface area contributed by atoms with Crippen LogP contribution in [0.4, 0.5) is 4.79 Å². The van der Waals surface area contributed by atoms with Crippen molar-refractivity contribution < 1.29 is 14.6 Å². The van der Waals surface area contributed by atoms with E-state index < -0.39 is 0 Å². The summed E-state index contributed by atoms with van der Waals surface area (Å²) < 4.78 is 5.03. The maximum atomic E-state index is 11.2. The summed E-state index contributed by atoms with van der Waals surface area (Å²) in [5, 5.41) is 14.9. The Morgan fingerprint density at radius 2 is 2.50 bits per heavy atom. The highest BCUT2D eigenvalue weighted by molar-refractivity contribution is 5.76. The molecule has 6 heteroatoms. The lowest BCUT2D eigenvalue weighted by atomic mass is 10.2. The zero-order valence-electron chi connectivity index (χ0n) is 9.74. The molecule has 0 aromatic heterocycles. The number of hydrogen-bond acceptors (Lipinski definition) is 4. The third-order valence-corrected chi connectivity index (χ3v) is 2.61. The number of urea groups is 1. The smallest absolute Gasteiger partial charge is 0.317 e. The van der Waals surface area contributed by atoms with Crippen LogP contribution in [0, 0.1) is 0 Å². The number of hydrogen-bond donors (Lipinski definition) is 3. The summed E-state index contributed by atoms with van der Waals surface area (Å²) in [4.78, 5) is 13.0. The first-order chi connectivity index (χ1) is 7.77. The van der Waals surface area contributed by atoms with Gasteiger partial charge in [0.05, 0.1) is 6.61 Å². The lowest BCUT2D eigenvalue weighted by Gasteiger charge is -2.19. The van der Waals surface area contributed by atoms with E-state index in [0.29, 0.717) is 19.6 Å². The van der Waals surface area contributed by atoms with Crippen LogP contribution in [-0.4, -0.2) is 68.6 Å². The summed E-state index contributed by atoms with van der Waals surface area (Å²) in [6.07, 6.45) is 0.667. The zero-order chi connectivity index (χ0) is 11.8. The van der Waals surface area contributed by atoms with Gasteiger partial charge in [-0.1, -0.05) is 0 Å². The minimum atomic E-state index is 0.00671. The molecular formula is C10H21N3O3. The third kappa shape index (κ3) is 4.34. The summed E-state index contributed by atoms with van der Waals surface area (Å²) in [6.45, 7) is 3.64. The second-order valence-corrected chi connectivity index (χ2v) is 3.84. The van der Waals surface area contributed by atoms with Crippen LogP contribution in [-0.2, 0) is 4.74 Å². The van der Waals surface area contributed by atoms with Crippen LogP contribution in [0.1, 0.15) is 6.42 Å². The molecular weight excluding hydrogens is 210 g/mol. The van der Waals surface area contributed by atoms with Crippen molar-refractivity contribution in [1.82, 2.24) is 15.5 Å². The summed E-state index contributed by atoms with van der Waals surface area (Å²) in [7, 11) is 1.64. The fourth-order valence-corrected chi connectivity index (χ4v) is 1.73. The molecule has 0 spiro atoms. The van der Waals surface area contributed by atoms with Crippen LogP contribution >= 0.6 is 0 Å². The van der Waals surface area contributed by atoms with Crippen molar-refractivity contribution in [3.63, 3.8) is 0 Å². The maximum absolute atomic E-state index is 11.2. The van der Waals surface area contributed by atoms with E-state index in [9.17, 15) is 4.79 Å². The van der Waals surface area contributed by atoms with Crippen molar-refractivity contribution in [3.8, 4) is 0 Å². The number of aliphatic hydroxyl groups excluding tert-OH is 1. The number of nitrogens with zero attached hydrogens (tertiary/aromatic N) is 1. The molecule has 0 aromatic rings. The van der Waals surface area contributed by atoms with Crippen LogP contribution in [0.15, 0.2) is 0 Å². The quantitative estimate of drug-likeness (QED) is 0.501. The standard InChI is InChI=1S/C10H21N3O3/c1-16-8-9(2-7-14)11-3-5-13-6-4-12-10(13)15/h9,11,14H,2-8H2,1H3,(H,12,15). The van der Waals surface area contributed by atoms with Gasteiger partial charge in [-0.15, -0.1) is 0 Å². The van der Waals surface area contributed by atoms with Crippen LogP contribution < -0.4 is 10.6 Å². The van der Waals surface area contributed by atoms with Crippen LogP contribution in [0.2, 0.25) is 0 Å². The molecule has 1 saturated heterocycles. The molecule has 0 radical (unpaired) electrons. The SMILES string of the molecule is COCC(CCO)NCCN1CCNC1=O. The number of nitrogens with one attached hydrogen (secondary N) is 2. The molecule has 0 aliphatic carbocycles. The van der Waals surface area contributed by atoms with E-state index in [4.69, 9.17) is 9.84 Å². The first-order valence-corrected chi connectivity index (χ1v) is 5.64. The van der Waals surface area contributed by atoms with Gasteiger partial charge in [0, 0.05) is 45.9 Å². The average Bonchev–Trinajstić information content (AvgIpc) is 2.65. The summed E-state index contributed by atoms with van der Waals surface area (Å²) >= 11 is 0. The highest BCUT2D eigenvalue weighted by atomic mass is 16.5. The molecule has 1 heterocycles. The summed E-state index contributed by atoms with van der Waals surface area (Å²) in [6, 6.07) is 0.160. The van der Waals surface area contributed by atoms with Crippen molar-refractivity contribution in [1.29, 1.82) is 0 Å². The van der Waals surface area contributed by atoms with E-state index in [-0.39, 0.29) is 18.7 Å². The number of methoxy groups -OCH3 is 1. The van der Waals surface area contributed by atoms with E-state index in [1.807, 2.05) is 0 Å². The molecule has 1 aliphatic heterocycles. The van der Waals surface area contributed by atoms with Gasteiger partial charge in [0.1, 0.15) is 0 Å². The largest absolute Gasteiger partial charge is 0.396 e. The van der Waals surface area contributed by atoms with Crippen LogP contribution in [0.3, 0.4) is 0 Å². The van der Waals surface area contributed by atoms with Crippen molar-refractivity contribution in [2.75, 3.05) is 46.5 Å². The van der Waals surface area contributed by atoms with E-state index in [1.165, 1.54) is 0 Å². The Balaban J connectivity index is 2.14. The van der Waals surface area contributed by atoms with Gasteiger partial charge in [-0.2, -0.15) is 0 Å². The van der Waals surface area contributed by atoms with Gasteiger partial charge >= 0.3 is 6.03 Å². The van der Waals surface area contributed by atoms with Gasteiger partial charge in [0.25, 0.3) is 0 Å². The molecule has 94 valence electrons. The van der Waals surface area contributed by atoms with E-state index in [0.717, 1.165) is 19.6 Å². The summed E-state index contributed by atoms with van der Waals surface area (Å²) in [5.41, 5.74) is 0. The first-order valence-electron chi connectivity index (χ1n) is 5.64. The van der Waals surface area contributed by atoms with E-state index in [2.05, 4.69) is 10.6 Å². The van der Waals surface area contributed by atoms with Crippen molar-refractivity contribution in [3.05, 3.63) is 0 Å². The molecule has 6 nitrogen and oxygen atoms in total. The predicted molar refractivity (Wildman–Crippen MR) is 60.3 cm³/mol. The lowest BCUT2D eigenvalue weighted by Crippen LogP contribution is -2.40. The zero-order valence-corrected chi connectivity index (χ0v) is 9.74. The molecule has 1 atom stereocenters. The number of rotatable bonds is 8. The molecule has 3 N–H and O–H groups in total. The number of ether oxygens (including phenoxy) is 1. The maximum Gasteiger partial charge on any atom is 0.317 e. The predicted octanol–water partition coefficient (Wildman–Crippen LogP) is -1.00. The average molecular weight is 231 g/mol. The highest BCUT2D eigenvalue weighted by Gasteiger charge is 2.18. The Bertz CT molecular complexity index is 207. The number of carbonyl (C=O) groups is 1. The Hall–Kier alpha value is -0.850. The van der Waals surface area contributed by atoms with Gasteiger partial charge in [-0.05, 0) is 6.42 Å². The molecule has 1 aliphatic rings. The van der Waals surface area contributed by atoms with Crippen molar-refractivity contribution in [2.45, 2.75) is 12.5 Å². The van der Waals surface area contributed by atoms with Gasteiger partial charge in [-0.3, -0.25) is 0 Å². The fraction of sp³-hybridized carbons (Fsp3) is 0.900. The van der Waals surface area contributed by atoms with Crippen molar-refractivity contribution >= 4 is 6.03 Å². The molecule has 16 heavy (non-hydrogen) atoms.